The zero-order chi connectivity index (χ0) is 21.2. The molecule has 0 saturated carbocycles. The Labute approximate surface area is 184 Å². The molecular formula is C24H41ClO3S. The monoisotopic (exact) mass is 444 g/mol. The van der Waals surface area contributed by atoms with Crippen LogP contribution in [-0.2, 0) is 14.3 Å². The largest absolute Gasteiger partial charge is 0.296 e. The molecule has 0 heterocycles. The number of rotatable bonds is 19. The van der Waals surface area contributed by atoms with E-state index >= 15 is 0 Å². The first kappa shape index (κ1) is 26.5. The third-order valence-electron chi connectivity index (χ3n) is 5.30. The lowest BCUT2D eigenvalue weighted by molar-refractivity contribution is 0.306. The molecule has 3 nitrogen and oxygen atoms in total. The highest BCUT2D eigenvalue weighted by Crippen LogP contribution is 2.18. The van der Waals surface area contributed by atoms with E-state index in [1.807, 2.05) is 0 Å². The average molecular weight is 445 g/mol. The Kier molecular flexibility index (Phi) is 15.6. The highest BCUT2D eigenvalue weighted by molar-refractivity contribution is 7.86. The molecule has 0 saturated heterocycles. The van der Waals surface area contributed by atoms with Crippen LogP contribution in [0.1, 0.15) is 103 Å². The van der Waals surface area contributed by atoms with Crippen LogP contribution >= 0.6 is 11.6 Å². The van der Waals surface area contributed by atoms with Crippen LogP contribution in [0.2, 0.25) is 0 Å². The SMILES string of the molecule is CCCCCCCCCCCCCCC(Cl)CCCOS(=O)(=O)c1ccccc1. The van der Waals surface area contributed by atoms with Crippen LogP contribution in [0.5, 0.6) is 0 Å². The molecule has 168 valence electrons. The molecule has 1 aromatic carbocycles. The zero-order valence-electron chi connectivity index (χ0n) is 18.3. The van der Waals surface area contributed by atoms with Gasteiger partial charge in [-0.1, -0.05) is 102 Å². The maximum Gasteiger partial charge on any atom is 0.296 e. The van der Waals surface area contributed by atoms with Crippen LogP contribution in [0.3, 0.4) is 0 Å². The molecule has 0 fully saturated rings. The first-order valence-electron chi connectivity index (χ1n) is 11.6. The van der Waals surface area contributed by atoms with Gasteiger partial charge in [-0.05, 0) is 31.4 Å². The minimum absolute atomic E-state index is 0.112. The van der Waals surface area contributed by atoms with Crippen molar-refractivity contribution in [3.63, 3.8) is 0 Å². The van der Waals surface area contributed by atoms with Gasteiger partial charge >= 0.3 is 0 Å². The molecule has 0 aromatic heterocycles. The number of benzene rings is 1. The highest BCUT2D eigenvalue weighted by Gasteiger charge is 2.14. The Morgan fingerprint density at radius 2 is 1.24 bits per heavy atom. The van der Waals surface area contributed by atoms with E-state index in [1.165, 1.54) is 70.6 Å². The molecule has 0 N–H and O–H groups in total. The van der Waals surface area contributed by atoms with Crippen molar-refractivity contribution in [2.45, 2.75) is 114 Å². The molecule has 1 rings (SSSR count). The molecule has 29 heavy (non-hydrogen) atoms. The molecule has 1 aromatic rings. The minimum atomic E-state index is -3.64. The zero-order valence-corrected chi connectivity index (χ0v) is 19.9. The third-order valence-corrected chi connectivity index (χ3v) is 7.07. The molecule has 0 spiro atoms. The van der Waals surface area contributed by atoms with Gasteiger partial charge in [-0.3, -0.25) is 4.18 Å². The van der Waals surface area contributed by atoms with E-state index < -0.39 is 10.1 Å². The Hall–Kier alpha value is -0.580. The smallest absolute Gasteiger partial charge is 0.266 e. The van der Waals surface area contributed by atoms with Crippen molar-refractivity contribution in [1.82, 2.24) is 0 Å². The maximum atomic E-state index is 12.0. The van der Waals surface area contributed by atoms with E-state index in [0.29, 0.717) is 6.42 Å². The molecule has 0 aliphatic carbocycles. The summed E-state index contributed by atoms with van der Waals surface area (Å²) < 4.78 is 29.1. The Balaban J connectivity index is 1.91. The molecule has 0 aliphatic heterocycles. The van der Waals surface area contributed by atoms with Crippen molar-refractivity contribution >= 4 is 21.7 Å². The van der Waals surface area contributed by atoms with Gasteiger partial charge in [-0.15, -0.1) is 11.6 Å². The van der Waals surface area contributed by atoms with Crippen molar-refractivity contribution in [2.24, 2.45) is 0 Å². The van der Waals surface area contributed by atoms with E-state index in [0.717, 1.165) is 19.3 Å². The summed E-state index contributed by atoms with van der Waals surface area (Å²) in [4.78, 5) is 0.207. The Morgan fingerprint density at radius 1 is 0.759 bits per heavy atom. The topological polar surface area (TPSA) is 43.4 Å². The lowest BCUT2D eigenvalue weighted by Crippen LogP contribution is -2.09. The summed E-state index contributed by atoms with van der Waals surface area (Å²) >= 11 is 6.38. The normalized spacial score (nSPS) is 12.9. The second-order valence-corrected chi connectivity index (χ2v) is 10.2. The standard InChI is InChI=1S/C24H41ClO3S/c1-2-3-4-5-6-7-8-9-10-11-12-14-18-23(25)19-17-22-28-29(26,27)24-20-15-13-16-21-24/h13,15-16,20-21,23H,2-12,14,17-19,22H2,1H3. The molecule has 0 bridgehead atoms. The number of unbranched alkanes of at least 4 members (excludes halogenated alkanes) is 11. The lowest BCUT2D eigenvalue weighted by atomic mass is 10.0. The maximum absolute atomic E-state index is 12.0. The van der Waals surface area contributed by atoms with Crippen LogP contribution in [0.15, 0.2) is 35.2 Å². The number of hydrogen-bond donors (Lipinski definition) is 0. The van der Waals surface area contributed by atoms with E-state index in [-0.39, 0.29) is 16.9 Å². The predicted molar refractivity (Wildman–Crippen MR) is 124 cm³/mol. The van der Waals surface area contributed by atoms with Gasteiger partial charge < -0.3 is 0 Å². The number of alkyl halides is 1. The molecule has 0 amide bonds. The molecule has 5 heteroatoms. The molecule has 0 radical (unpaired) electrons. The predicted octanol–water partition coefficient (Wildman–Crippen LogP) is 7.87. The van der Waals surface area contributed by atoms with Crippen LogP contribution in [0.25, 0.3) is 0 Å². The van der Waals surface area contributed by atoms with Crippen molar-refractivity contribution in [3.8, 4) is 0 Å². The summed E-state index contributed by atoms with van der Waals surface area (Å²) in [6.45, 7) is 2.46. The van der Waals surface area contributed by atoms with Crippen LogP contribution in [-0.4, -0.2) is 20.4 Å². The minimum Gasteiger partial charge on any atom is -0.266 e. The summed E-state index contributed by atoms with van der Waals surface area (Å²) in [5, 5.41) is 0.112. The van der Waals surface area contributed by atoms with Crippen molar-refractivity contribution < 1.29 is 12.6 Å². The Bertz CT molecular complexity index is 589. The summed E-state index contributed by atoms with van der Waals surface area (Å²) in [5.41, 5.74) is 0. The quantitative estimate of drug-likeness (QED) is 0.124. The van der Waals surface area contributed by atoms with E-state index in [9.17, 15) is 8.42 Å². The number of halogens is 1. The van der Waals surface area contributed by atoms with Gasteiger partial charge in [0.05, 0.1) is 11.5 Å². The summed E-state index contributed by atoms with van der Waals surface area (Å²) in [5.74, 6) is 0. The fourth-order valence-corrected chi connectivity index (χ4v) is 4.75. The van der Waals surface area contributed by atoms with E-state index in [1.54, 1.807) is 30.3 Å². The second-order valence-electron chi connectivity index (χ2n) is 8.01. The van der Waals surface area contributed by atoms with E-state index in [4.69, 9.17) is 15.8 Å². The lowest BCUT2D eigenvalue weighted by Gasteiger charge is -2.10. The molecule has 1 unspecified atom stereocenters. The summed E-state index contributed by atoms with van der Waals surface area (Å²) in [7, 11) is -3.64. The van der Waals surface area contributed by atoms with Crippen LogP contribution in [0, 0.1) is 0 Å². The van der Waals surface area contributed by atoms with Gasteiger partial charge in [0.25, 0.3) is 10.1 Å². The second kappa shape index (κ2) is 17.1. The van der Waals surface area contributed by atoms with Crippen molar-refractivity contribution in [2.75, 3.05) is 6.61 Å². The molecule has 1 atom stereocenters. The highest BCUT2D eigenvalue weighted by atomic mass is 35.5. The fourth-order valence-electron chi connectivity index (χ4n) is 3.48. The first-order valence-corrected chi connectivity index (χ1v) is 13.5. The number of hydrogen-bond acceptors (Lipinski definition) is 3. The Morgan fingerprint density at radius 3 is 1.79 bits per heavy atom. The van der Waals surface area contributed by atoms with Crippen LogP contribution in [0.4, 0.5) is 0 Å². The molecular weight excluding hydrogens is 404 g/mol. The van der Waals surface area contributed by atoms with Gasteiger partial charge in [0.1, 0.15) is 0 Å². The van der Waals surface area contributed by atoms with Crippen LogP contribution < -0.4 is 0 Å². The van der Waals surface area contributed by atoms with Crippen molar-refractivity contribution in [3.05, 3.63) is 30.3 Å². The summed E-state index contributed by atoms with van der Waals surface area (Å²) in [6, 6.07) is 8.27. The van der Waals surface area contributed by atoms with Gasteiger partial charge in [-0.25, -0.2) is 0 Å². The van der Waals surface area contributed by atoms with Gasteiger partial charge in [0.15, 0.2) is 0 Å². The van der Waals surface area contributed by atoms with Gasteiger partial charge in [-0.2, -0.15) is 8.42 Å². The van der Waals surface area contributed by atoms with E-state index in [2.05, 4.69) is 6.92 Å². The van der Waals surface area contributed by atoms with Gasteiger partial charge in [0.2, 0.25) is 0 Å². The van der Waals surface area contributed by atoms with Crippen molar-refractivity contribution in [1.29, 1.82) is 0 Å². The first-order chi connectivity index (χ1) is 14.1. The summed E-state index contributed by atoms with van der Waals surface area (Å²) in [6.07, 6.45) is 18.6. The third kappa shape index (κ3) is 14.1. The van der Waals surface area contributed by atoms with Gasteiger partial charge in [0, 0.05) is 5.38 Å². The molecule has 0 aliphatic rings. The average Bonchev–Trinajstić information content (AvgIpc) is 2.72. The fraction of sp³-hybridized carbons (Fsp3) is 0.750.